The fourth-order valence-electron chi connectivity index (χ4n) is 0.423. The summed E-state index contributed by atoms with van der Waals surface area (Å²) < 4.78 is 20.7. The van der Waals surface area contributed by atoms with Gasteiger partial charge in [-0.05, 0) is 17.5 Å². The highest BCUT2D eigenvalue weighted by Gasteiger charge is 1.92. The molecule has 0 radical (unpaired) electrons. The number of anilines is 1. The molecule has 0 saturated carbocycles. The number of hydrogen-bond acceptors (Lipinski definition) is 2. The zero-order valence-corrected chi connectivity index (χ0v) is 6.04. The van der Waals surface area contributed by atoms with E-state index in [4.69, 9.17) is 4.55 Å². The van der Waals surface area contributed by atoms with Crippen molar-refractivity contribution in [2.45, 2.75) is 0 Å². The zero-order valence-electron chi connectivity index (χ0n) is 4.40. The lowest BCUT2D eigenvalue weighted by Crippen LogP contribution is -1.98. The van der Waals surface area contributed by atoms with Gasteiger partial charge >= 0.3 is 0 Å². The molecular formula is C4H5NO2S2. The fraction of sp³-hybridized carbons (Fsp3) is 0. The van der Waals surface area contributed by atoms with Crippen LogP contribution < -0.4 is 4.72 Å². The molecule has 5 heteroatoms. The first kappa shape index (κ1) is 6.73. The molecule has 0 fully saturated rings. The Morgan fingerprint density at radius 1 is 1.78 bits per heavy atom. The number of nitrogens with one attached hydrogen (secondary N) is 1. The maximum atomic E-state index is 10.1. The summed E-state index contributed by atoms with van der Waals surface area (Å²) in [6, 6.07) is 3.54. The van der Waals surface area contributed by atoms with Crippen LogP contribution in [0.5, 0.6) is 0 Å². The first-order valence-corrected chi connectivity index (χ1v) is 4.18. The van der Waals surface area contributed by atoms with Crippen LogP contribution in [0.2, 0.25) is 0 Å². The van der Waals surface area contributed by atoms with E-state index in [1.165, 1.54) is 11.3 Å². The number of hydrogen-bond donors (Lipinski definition) is 2. The maximum absolute atomic E-state index is 10.1. The molecule has 0 aromatic carbocycles. The predicted molar refractivity (Wildman–Crippen MR) is 38.7 cm³/mol. The van der Waals surface area contributed by atoms with Gasteiger partial charge in [0.25, 0.3) is 11.3 Å². The summed E-state index contributed by atoms with van der Waals surface area (Å²) in [6.45, 7) is 0. The normalized spacial score (nSPS) is 13.0. The van der Waals surface area contributed by atoms with E-state index in [0.717, 1.165) is 0 Å². The molecule has 0 spiro atoms. The molecule has 1 aromatic rings. The molecule has 1 unspecified atom stereocenters. The molecular weight excluding hydrogens is 158 g/mol. The molecule has 1 atom stereocenters. The van der Waals surface area contributed by atoms with Crippen LogP contribution in [0.15, 0.2) is 17.5 Å². The lowest BCUT2D eigenvalue weighted by molar-refractivity contribution is 0.570. The van der Waals surface area contributed by atoms with Gasteiger partial charge in [0.1, 0.15) is 5.00 Å². The van der Waals surface area contributed by atoms with Gasteiger partial charge in [0, 0.05) is 0 Å². The van der Waals surface area contributed by atoms with Crippen molar-refractivity contribution in [1.29, 1.82) is 0 Å². The van der Waals surface area contributed by atoms with Crippen LogP contribution in [-0.2, 0) is 11.3 Å². The third kappa shape index (κ3) is 2.13. The van der Waals surface area contributed by atoms with Crippen LogP contribution in [0.4, 0.5) is 5.00 Å². The summed E-state index contributed by atoms with van der Waals surface area (Å²) in [4.78, 5) is 0. The summed E-state index contributed by atoms with van der Waals surface area (Å²) in [5.74, 6) is 0. The molecule has 1 rings (SSSR count). The summed E-state index contributed by atoms with van der Waals surface area (Å²) >= 11 is -0.547. The lowest BCUT2D eigenvalue weighted by atomic mass is 10.6. The van der Waals surface area contributed by atoms with Gasteiger partial charge < -0.3 is 0 Å². The highest BCUT2D eigenvalue weighted by Crippen LogP contribution is 2.14. The second-order valence-corrected chi connectivity index (χ2v) is 2.98. The SMILES string of the molecule is O=S(O)Nc1cccs1. The molecule has 3 nitrogen and oxygen atoms in total. The molecule has 0 aliphatic carbocycles. The third-order valence-corrected chi connectivity index (χ3v) is 2.02. The Bertz CT molecular complexity index is 196. The molecule has 1 heterocycles. The van der Waals surface area contributed by atoms with Crippen molar-refractivity contribution in [2.24, 2.45) is 0 Å². The topological polar surface area (TPSA) is 49.3 Å². The minimum Gasteiger partial charge on any atom is -0.289 e. The summed E-state index contributed by atoms with van der Waals surface area (Å²) in [5, 5.41) is 2.53. The molecule has 2 N–H and O–H groups in total. The van der Waals surface area contributed by atoms with E-state index in [0.29, 0.717) is 5.00 Å². The standard InChI is InChI=1S/C4H5NO2S2/c6-9(7)5-4-2-1-3-8-4/h1-3,5H,(H,6,7). The van der Waals surface area contributed by atoms with Crippen molar-refractivity contribution in [3.63, 3.8) is 0 Å². The quantitative estimate of drug-likeness (QED) is 0.645. The Labute approximate surface area is 59.1 Å². The first-order chi connectivity index (χ1) is 4.29. The highest BCUT2D eigenvalue weighted by molar-refractivity contribution is 7.80. The van der Waals surface area contributed by atoms with Crippen LogP contribution in [0, 0.1) is 0 Å². The molecule has 0 aliphatic heterocycles. The minimum absolute atomic E-state index is 0.704. The summed E-state index contributed by atoms with van der Waals surface area (Å²) in [7, 11) is 0. The fourth-order valence-corrected chi connectivity index (χ4v) is 1.53. The van der Waals surface area contributed by atoms with Crippen molar-refractivity contribution < 1.29 is 8.76 Å². The smallest absolute Gasteiger partial charge is 0.259 e. The largest absolute Gasteiger partial charge is 0.289 e. The van der Waals surface area contributed by atoms with Crippen molar-refractivity contribution in [3.05, 3.63) is 17.5 Å². The van der Waals surface area contributed by atoms with Gasteiger partial charge in [-0.15, -0.1) is 11.3 Å². The second-order valence-electron chi connectivity index (χ2n) is 1.33. The van der Waals surface area contributed by atoms with Crippen LogP contribution in [-0.4, -0.2) is 8.76 Å². The predicted octanol–water partition coefficient (Wildman–Crippen LogP) is 1.30. The van der Waals surface area contributed by atoms with E-state index in [2.05, 4.69) is 4.72 Å². The van der Waals surface area contributed by atoms with Crippen molar-refractivity contribution in [3.8, 4) is 0 Å². The Kier molecular flexibility index (Phi) is 2.21. The van der Waals surface area contributed by atoms with E-state index >= 15 is 0 Å². The molecule has 1 aromatic heterocycles. The van der Waals surface area contributed by atoms with E-state index in [9.17, 15) is 4.21 Å². The minimum atomic E-state index is -1.93. The van der Waals surface area contributed by atoms with Crippen molar-refractivity contribution in [2.75, 3.05) is 4.72 Å². The summed E-state index contributed by atoms with van der Waals surface area (Å²) in [6.07, 6.45) is 0. The van der Waals surface area contributed by atoms with Gasteiger partial charge in [-0.3, -0.25) is 9.27 Å². The monoisotopic (exact) mass is 163 g/mol. The van der Waals surface area contributed by atoms with Crippen LogP contribution in [0.25, 0.3) is 0 Å². The van der Waals surface area contributed by atoms with Gasteiger partial charge in [0.2, 0.25) is 0 Å². The van der Waals surface area contributed by atoms with Crippen molar-refractivity contribution >= 4 is 27.6 Å². The Hall–Kier alpha value is -0.390. The van der Waals surface area contributed by atoms with Crippen LogP contribution in [0.1, 0.15) is 0 Å². The summed E-state index contributed by atoms with van der Waals surface area (Å²) in [5.41, 5.74) is 0. The Morgan fingerprint density at radius 2 is 2.56 bits per heavy atom. The van der Waals surface area contributed by atoms with E-state index < -0.39 is 11.3 Å². The molecule has 50 valence electrons. The van der Waals surface area contributed by atoms with Crippen LogP contribution in [0.3, 0.4) is 0 Å². The number of rotatable bonds is 2. The molecule has 0 amide bonds. The molecule has 0 aliphatic rings. The maximum Gasteiger partial charge on any atom is 0.259 e. The highest BCUT2D eigenvalue weighted by atomic mass is 32.2. The van der Waals surface area contributed by atoms with E-state index in [1.54, 1.807) is 12.1 Å². The second kappa shape index (κ2) is 2.95. The van der Waals surface area contributed by atoms with Gasteiger partial charge in [0.05, 0.1) is 0 Å². The van der Waals surface area contributed by atoms with Crippen LogP contribution >= 0.6 is 11.3 Å². The molecule has 9 heavy (non-hydrogen) atoms. The van der Waals surface area contributed by atoms with E-state index in [1.807, 2.05) is 5.38 Å². The van der Waals surface area contributed by atoms with Gasteiger partial charge in [-0.25, -0.2) is 4.21 Å². The molecule has 0 saturated heterocycles. The average Bonchev–Trinajstić information content (AvgIpc) is 2.15. The molecule has 0 bridgehead atoms. The lowest BCUT2D eigenvalue weighted by Gasteiger charge is -1.91. The van der Waals surface area contributed by atoms with Crippen molar-refractivity contribution in [1.82, 2.24) is 0 Å². The average molecular weight is 163 g/mol. The Morgan fingerprint density at radius 3 is 3.00 bits per heavy atom. The Balaban J connectivity index is 2.58. The van der Waals surface area contributed by atoms with Gasteiger partial charge in [-0.1, -0.05) is 0 Å². The van der Waals surface area contributed by atoms with E-state index in [-0.39, 0.29) is 0 Å². The van der Waals surface area contributed by atoms with Gasteiger partial charge in [0.15, 0.2) is 0 Å². The van der Waals surface area contributed by atoms with Gasteiger partial charge in [-0.2, -0.15) is 0 Å². The third-order valence-electron chi connectivity index (χ3n) is 0.709. The zero-order chi connectivity index (χ0) is 6.69. The first-order valence-electron chi connectivity index (χ1n) is 2.20. The number of thiophene rings is 1.